The summed E-state index contributed by atoms with van der Waals surface area (Å²) >= 11 is 0. The van der Waals surface area contributed by atoms with Gasteiger partial charge in [0.1, 0.15) is 6.54 Å². The average molecular weight is 319 g/mol. The van der Waals surface area contributed by atoms with Crippen LogP contribution in [-0.2, 0) is 17.8 Å². The van der Waals surface area contributed by atoms with Crippen LogP contribution < -0.4 is 0 Å². The largest absolute Gasteiger partial charge is 0.408 e. The van der Waals surface area contributed by atoms with E-state index in [1.54, 1.807) is 0 Å². The average Bonchev–Trinajstić information content (AvgIpc) is 3.09. The molecule has 0 bridgehead atoms. The van der Waals surface area contributed by atoms with Crippen LogP contribution in [0.4, 0.5) is 13.2 Å². The summed E-state index contributed by atoms with van der Waals surface area (Å²) in [6.07, 6.45) is -1.04. The second-order valence-corrected chi connectivity index (χ2v) is 6.10. The van der Waals surface area contributed by atoms with Gasteiger partial charge in [-0.15, -0.1) is 5.10 Å². The van der Waals surface area contributed by atoms with E-state index >= 15 is 0 Å². The van der Waals surface area contributed by atoms with Crippen molar-refractivity contribution in [3.63, 3.8) is 0 Å². The molecule has 1 unspecified atom stereocenters. The molecular weight excluding hydrogens is 299 g/mol. The third kappa shape index (κ3) is 3.95. The molecule has 2 saturated heterocycles. The van der Waals surface area contributed by atoms with E-state index in [0.717, 1.165) is 50.2 Å². The van der Waals surface area contributed by atoms with Gasteiger partial charge in [0.25, 0.3) is 0 Å². The van der Waals surface area contributed by atoms with Gasteiger partial charge in [-0.05, 0) is 48.1 Å². The van der Waals surface area contributed by atoms with Crippen LogP contribution in [0.2, 0.25) is 0 Å². The zero-order chi connectivity index (χ0) is 15.6. The lowest BCUT2D eigenvalue weighted by atomic mass is 9.85. The highest BCUT2D eigenvalue weighted by molar-refractivity contribution is 4.88. The highest BCUT2D eigenvalue weighted by Gasteiger charge is 2.33. The smallest absolute Gasteiger partial charge is 0.381 e. The number of nitrogens with zero attached hydrogens (tertiary/aromatic N) is 5. The Balaban J connectivity index is 1.55. The normalized spacial score (nSPS) is 25.0. The summed E-state index contributed by atoms with van der Waals surface area (Å²) in [5, 5.41) is 10.6. The molecule has 1 atom stereocenters. The molecule has 1 aromatic rings. The molecule has 0 radical (unpaired) electrons. The number of halogens is 3. The maximum Gasteiger partial charge on any atom is 0.408 e. The van der Waals surface area contributed by atoms with Crippen molar-refractivity contribution in [3.05, 3.63) is 5.82 Å². The van der Waals surface area contributed by atoms with E-state index in [4.69, 9.17) is 4.74 Å². The Morgan fingerprint density at radius 3 is 2.64 bits per heavy atom. The molecule has 0 saturated carbocycles. The quantitative estimate of drug-likeness (QED) is 0.841. The van der Waals surface area contributed by atoms with Gasteiger partial charge < -0.3 is 4.74 Å². The van der Waals surface area contributed by atoms with E-state index < -0.39 is 12.7 Å². The van der Waals surface area contributed by atoms with Crippen molar-refractivity contribution >= 4 is 0 Å². The first-order valence-corrected chi connectivity index (χ1v) is 7.63. The molecule has 3 heterocycles. The second kappa shape index (κ2) is 6.49. The Hall–Kier alpha value is -1.22. The minimum Gasteiger partial charge on any atom is -0.381 e. The van der Waals surface area contributed by atoms with Crippen LogP contribution in [0.5, 0.6) is 0 Å². The molecule has 124 valence electrons. The lowest BCUT2D eigenvalue weighted by Gasteiger charge is -2.27. The van der Waals surface area contributed by atoms with E-state index in [1.807, 2.05) is 0 Å². The number of alkyl halides is 3. The first kappa shape index (κ1) is 15.7. The third-order valence-corrected chi connectivity index (χ3v) is 4.54. The highest BCUT2D eigenvalue weighted by atomic mass is 19.4. The molecule has 22 heavy (non-hydrogen) atoms. The van der Waals surface area contributed by atoms with Crippen LogP contribution >= 0.6 is 0 Å². The van der Waals surface area contributed by atoms with Gasteiger partial charge in [-0.3, -0.25) is 4.90 Å². The molecule has 0 aromatic carbocycles. The maximum atomic E-state index is 12.5. The fourth-order valence-corrected chi connectivity index (χ4v) is 3.41. The molecular formula is C13H20F3N5O. The minimum atomic E-state index is -4.31. The van der Waals surface area contributed by atoms with Crippen molar-refractivity contribution in [2.45, 2.75) is 38.5 Å². The maximum absolute atomic E-state index is 12.5. The van der Waals surface area contributed by atoms with E-state index in [1.165, 1.54) is 0 Å². The number of aromatic nitrogens is 4. The summed E-state index contributed by atoms with van der Waals surface area (Å²) in [6.45, 7) is 2.69. The van der Waals surface area contributed by atoms with E-state index in [-0.39, 0.29) is 5.82 Å². The molecule has 6 nitrogen and oxygen atoms in total. The summed E-state index contributed by atoms with van der Waals surface area (Å²) < 4.78 is 43.7. The molecule has 3 rings (SSSR count). The third-order valence-electron chi connectivity index (χ3n) is 4.54. The van der Waals surface area contributed by atoms with Gasteiger partial charge in [-0.25, -0.2) is 4.68 Å². The Morgan fingerprint density at radius 2 is 1.91 bits per heavy atom. The molecule has 0 N–H and O–H groups in total. The fourth-order valence-electron chi connectivity index (χ4n) is 3.41. The molecule has 0 amide bonds. The summed E-state index contributed by atoms with van der Waals surface area (Å²) in [5.74, 6) is 1.56. The van der Waals surface area contributed by atoms with Crippen LogP contribution in [0.25, 0.3) is 0 Å². The lowest BCUT2D eigenvalue weighted by molar-refractivity contribution is -0.143. The predicted octanol–water partition coefficient (Wildman–Crippen LogP) is 1.48. The number of rotatable bonds is 4. The van der Waals surface area contributed by atoms with Crippen LogP contribution in [0, 0.1) is 11.8 Å². The number of hydrogen-bond donors (Lipinski definition) is 0. The Labute approximate surface area is 126 Å². The van der Waals surface area contributed by atoms with Crippen molar-refractivity contribution in [1.29, 1.82) is 0 Å². The zero-order valence-electron chi connectivity index (χ0n) is 12.3. The van der Waals surface area contributed by atoms with Gasteiger partial charge in [-0.1, -0.05) is 0 Å². The van der Waals surface area contributed by atoms with Gasteiger partial charge >= 0.3 is 6.18 Å². The Morgan fingerprint density at radius 1 is 1.14 bits per heavy atom. The number of likely N-dealkylation sites (tertiary alicyclic amines) is 1. The standard InChI is InChI=1S/C13H20F3N5O/c14-13(15,16)9-21-12(17-18-19-21)8-20-4-1-11(7-20)10-2-5-22-6-3-10/h10-11H,1-9H2. The van der Waals surface area contributed by atoms with Crippen molar-refractivity contribution in [3.8, 4) is 0 Å². The minimum absolute atomic E-state index is 0.282. The van der Waals surface area contributed by atoms with Crippen LogP contribution in [0.3, 0.4) is 0 Å². The van der Waals surface area contributed by atoms with Gasteiger partial charge in [-0.2, -0.15) is 13.2 Å². The van der Waals surface area contributed by atoms with Gasteiger partial charge in [0.2, 0.25) is 0 Å². The number of ether oxygens (including phenoxy) is 1. The summed E-state index contributed by atoms with van der Waals surface area (Å²) in [7, 11) is 0. The Bertz CT molecular complexity index is 486. The van der Waals surface area contributed by atoms with Gasteiger partial charge in [0.05, 0.1) is 6.54 Å². The molecule has 1 aromatic heterocycles. The molecule has 0 spiro atoms. The molecule has 9 heteroatoms. The highest BCUT2D eigenvalue weighted by Crippen LogP contribution is 2.31. The van der Waals surface area contributed by atoms with Crippen molar-refractivity contribution in [2.75, 3.05) is 26.3 Å². The number of hydrogen-bond acceptors (Lipinski definition) is 5. The predicted molar refractivity (Wildman–Crippen MR) is 70.8 cm³/mol. The van der Waals surface area contributed by atoms with E-state index in [9.17, 15) is 13.2 Å². The van der Waals surface area contributed by atoms with E-state index in [0.29, 0.717) is 18.4 Å². The first-order chi connectivity index (χ1) is 10.5. The van der Waals surface area contributed by atoms with Gasteiger partial charge in [0.15, 0.2) is 5.82 Å². The molecule has 2 aliphatic rings. The summed E-state index contributed by atoms with van der Waals surface area (Å²) in [6, 6.07) is 0. The monoisotopic (exact) mass is 319 g/mol. The number of tetrazole rings is 1. The second-order valence-electron chi connectivity index (χ2n) is 6.10. The zero-order valence-corrected chi connectivity index (χ0v) is 12.3. The summed E-state index contributed by atoms with van der Waals surface area (Å²) in [4.78, 5) is 2.15. The first-order valence-electron chi connectivity index (χ1n) is 7.63. The van der Waals surface area contributed by atoms with Crippen molar-refractivity contribution in [1.82, 2.24) is 25.1 Å². The van der Waals surface area contributed by atoms with E-state index in [2.05, 4.69) is 20.4 Å². The van der Waals surface area contributed by atoms with Crippen LogP contribution in [-0.4, -0.2) is 57.6 Å². The Kier molecular flexibility index (Phi) is 4.62. The topological polar surface area (TPSA) is 56.1 Å². The molecule has 2 aliphatic heterocycles. The van der Waals surface area contributed by atoms with Gasteiger partial charge in [0, 0.05) is 19.8 Å². The molecule has 2 fully saturated rings. The fraction of sp³-hybridized carbons (Fsp3) is 0.923. The van der Waals surface area contributed by atoms with Crippen LogP contribution in [0.15, 0.2) is 0 Å². The molecule has 0 aliphatic carbocycles. The lowest BCUT2D eigenvalue weighted by Crippen LogP contribution is -2.28. The van der Waals surface area contributed by atoms with Crippen molar-refractivity contribution < 1.29 is 17.9 Å². The van der Waals surface area contributed by atoms with Crippen molar-refractivity contribution in [2.24, 2.45) is 11.8 Å². The van der Waals surface area contributed by atoms with Crippen LogP contribution in [0.1, 0.15) is 25.1 Å². The summed E-state index contributed by atoms with van der Waals surface area (Å²) in [5.41, 5.74) is 0. The SMILES string of the molecule is FC(F)(F)Cn1nnnc1CN1CCC(C2CCOCC2)C1.